The van der Waals surface area contributed by atoms with E-state index in [0.29, 0.717) is 17.6 Å². The number of nitrogens with zero attached hydrogens (tertiary/aromatic N) is 4. The lowest BCUT2D eigenvalue weighted by Gasteiger charge is -2.13. The molecule has 4 nitrogen and oxygen atoms in total. The first-order valence-corrected chi connectivity index (χ1v) is 16.5. The molecule has 2 aromatic heterocycles. The van der Waals surface area contributed by atoms with Gasteiger partial charge in [-0.2, -0.15) is 9.97 Å². The van der Waals surface area contributed by atoms with Gasteiger partial charge in [-0.05, 0) is 50.2 Å². The molecule has 49 heavy (non-hydrogen) atoms. The normalized spacial score (nSPS) is 11.7. The van der Waals surface area contributed by atoms with Crippen LogP contribution in [-0.4, -0.2) is 19.5 Å². The van der Waals surface area contributed by atoms with Crippen molar-refractivity contribution in [2.24, 2.45) is 0 Å². The molecule has 0 atom stereocenters. The molecule has 8 aromatic carbocycles. The van der Waals surface area contributed by atoms with Crippen molar-refractivity contribution in [1.82, 2.24) is 19.5 Å². The molecule has 0 aliphatic heterocycles. The summed E-state index contributed by atoms with van der Waals surface area (Å²) in [6.07, 6.45) is 0. The quantitative estimate of drug-likeness (QED) is 0.183. The molecule has 0 spiro atoms. The third kappa shape index (κ3) is 4.35. The van der Waals surface area contributed by atoms with Crippen LogP contribution in [0.4, 0.5) is 0 Å². The zero-order valence-corrected chi connectivity index (χ0v) is 26.5. The van der Waals surface area contributed by atoms with Crippen molar-refractivity contribution in [2.75, 3.05) is 0 Å². The summed E-state index contributed by atoms with van der Waals surface area (Å²) < 4.78 is 2.21. The molecule has 0 fully saturated rings. The Morgan fingerprint density at radius 2 is 0.735 bits per heavy atom. The molecule has 10 aromatic rings. The third-order valence-corrected chi connectivity index (χ3v) is 9.65. The van der Waals surface area contributed by atoms with Gasteiger partial charge in [0.2, 0.25) is 5.95 Å². The first-order chi connectivity index (χ1) is 24.3. The topological polar surface area (TPSA) is 43.6 Å². The van der Waals surface area contributed by atoms with E-state index in [-0.39, 0.29) is 0 Å². The molecule has 0 saturated heterocycles. The van der Waals surface area contributed by atoms with Crippen molar-refractivity contribution in [3.8, 4) is 39.9 Å². The standard InChI is InChI=1S/C45H28N4/c1-3-13-29(14-4-1)30-23-25-32(26-24-30)44-46-43(31-15-5-2-6-16-31)47-45(48-44)49-39-22-12-11-21-38(39)42-40(49)28-27-37-35-19-8-7-17-33(35)34-18-9-10-20-36(34)41(37)42/h1-28H. The van der Waals surface area contributed by atoms with Crippen molar-refractivity contribution in [1.29, 1.82) is 0 Å². The summed E-state index contributed by atoms with van der Waals surface area (Å²) >= 11 is 0. The van der Waals surface area contributed by atoms with E-state index in [0.717, 1.165) is 27.7 Å². The number of rotatable bonds is 4. The second kappa shape index (κ2) is 11.0. The lowest BCUT2D eigenvalue weighted by atomic mass is 9.92. The summed E-state index contributed by atoms with van der Waals surface area (Å²) in [4.78, 5) is 15.4. The smallest absolute Gasteiger partial charge is 0.238 e. The molecule has 10 rings (SSSR count). The second-order valence-corrected chi connectivity index (χ2v) is 12.4. The molecular formula is C45H28N4. The molecule has 0 saturated carbocycles. The number of hydrogen-bond acceptors (Lipinski definition) is 3. The largest absolute Gasteiger partial charge is 0.278 e. The van der Waals surface area contributed by atoms with Crippen molar-refractivity contribution in [3.63, 3.8) is 0 Å². The maximum atomic E-state index is 5.21. The maximum absolute atomic E-state index is 5.21. The Kier molecular flexibility index (Phi) is 6.15. The van der Waals surface area contributed by atoms with E-state index in [9.17, 15) is 0 Å². The highest BCUT2D eigenvalue weighted by Gasteiger charge is 2.21. The third-order valence-electron chi connectivity index (χ3n) is 9.65. The molecule has 0 amide bonds. The average molecular weight is 625 g/mol. The highest BCUT2D eigenvalue weighted by atomic mass is 15.2. The molecule has 0 unspecified atom stereocenters. The van der Waals surface area contributed by atoms with E-state index in [4.69, 9.17) is 15.0 Å². The number of fused-ring (bicyclic) bond motifs is 10. The van der Waals surface area contributed by atoms with Crippen LogP contribution in [0.2, 0.25) is 0 Å². The van der Waals surface area contributed by atoms with Crippen molar-refractivity contribution < 1.29 is 0 Å². The molecular weight excluding hydrogens is 597 g/mol. The van der Waals surface area contributed by atoms with Gasteiger partial charge in [0.25, 0.3) is 0 Å². The minimum Gasteiger partial charge on any atom is -0.278 e. The Morgan fingerprint density at radius 3 is 1.39 bits per heavy atom. The summed E-state index contributed by atoms with van der Waals surface area (Å²) in [6, 6.07) is 59.7. The average Bonchev–Trinajstić information content (AvgIpc) is 3.53. The highest BCUT2D eigenvalue weighted by Crippen LogP contribution is 2.43. The van der Waals surface area contributed by atoms with Crippen molar-refractivity contribution in [3.05, 3.63) is 170 Å². The Hall–Kier alpha value is -6.65. The molecule has 0 aliphatic carbocycles. The molecule has 0 N–H and O–H groups in total. The van der Waals surface area contributed by atoms with Gasteiger partial charge >= 0.3 is 0 Å². The van der Waals surface area contributed by atoms with Crippen molar-refractivity contribution >= 4 is 54.1 Å². The minimum absolute atomic E-state index is 0.589. The highest BCUT2D eigenvalue weighted by molar-refractivity contribution is 6.35. The molecule has 0 radical (unpaired) electrons. The molecule has 4 heteroatoms. The summed E-state index contributed by atoms with van der Waals surface area (Å²) in [5.41, 5.74) is 6.31. The van der Waals surface area contributed by atoms with Gasteiger partial charge in [0.1, 0.15) is 0 Å². The van der Waals surface area contributed by atoms with Crippen LogP contribution in [0.25, 0.3) is 94.0 Å². The van der Waals surface area contributed by atoms with E-state index in [1.165, 1.54) is 48.7 Å². The fourth-order valence-corrected chi connectivity index (χ4v) is 7.42. The summed E-state index contributed by atoms with van der Waals surface area (Å²) in [5, 5.41) is 9.86. The first-order valence-electron chi connectivity index (χ1n) is 16.5. The van der Waals surface area contributed by atoms with Gasteiger partial charge in [-0.1, -0.05) is 158 Å². The molecule has 0 aliphatic rings. The lowest BCUT2D eigenvalue weighted by Crippen LogP contribution is -2.06. The molecule has 0 bridgehead atoms. The Balaban J connectivity index is 1.28. The SMILES string of the molecule is c1ccc(-c2ccc(-c3nc(-c4ccccc4)nc(-n4c5ccccc5c5c6c7ccccc7c7ccccc7c6ccc54)n3)cc2)cc1. The Labute approximate surface area is 282 Å². The predicted molar refractivity (Wildman–Crippen MR) is 203 cm³/mol. The van der Waals surface area contributed by atoms with Crippen LogP contribution in [0, 0.1) is 0 Å². The summed E-state index contributed by atoms with van der Waals surface area (Å²) in [7, 11) is 0. The van der Waals surface area contributed by atoms with Gasteiger partial charge in [-0.3, -0.25) is 4.57 Å². The van der Waals surface area contributed by atoms with Gasteiger partial charge in [0, 0.05) is 27.3 Å². The van der Waals surface area contributed by atoms with Gasteiger partial charge in [-0.25, -0.2) is 4.98 Å². The van der Waals surface area contributed by atoms with E-state index < -0.39 is 0 Å². The monoisotopic (exact) mass is 624 g/mol. The van der Waals surface area contributed by atoms with E-state index in [1.807, 2.05) is 24.3 Å². The fourth-order valence-electron chi connectivity index (χ4n) is 7.42. The van der Waals surface area contributed by atoms with E-state index in [1.54, 1.807) is 0 Å². The van der Waals surface area contributed by atoms with Crippen LogP contribution in [-0.2, 0) is 0 Å². The summed E-state index contributed by atoms with van der Waals surface area (Å²) in [5.74, 6) is 1.86. The van der Waals surface area contributed by atoms with Gasteiger partial charge in [0.15, 0.2) is 11.6 Å². The van der Waals surface area contributed by atoms with Crippen LogP contribution in [0.15, 0.2) is 170 Å². The number of aromatic nitrogens is 4. The Bertz CT molecular complexity index is 2820. The lowest BCUT2D eigenvalue weighted by molar-refractivity contribution is 0.953. The van der Waals surface area contributed by atoms with Crippen LogP contribution in [0.5, 0.6) is 0 Å². The number of benzene rings is 8. The fraction of sp³-hybridized carbons (Fsp3) is 0. The van der Waals surface area contributed by atoms with E-state index >= 15 is 0 Å². The van der Waals surface area contributed by atoms with Gasteiger partial charge < -0.3 is 0 Å². The molecule has 2 heterocycles. The van der Waals surface area contributed by atoms with Gasteiger partial charge in [-0.15, -0.1) is 0 Å². The van der Waals surface area contributed by atoms with Crippen LogP contribution in [0.1, 0.15) is 0 Å². The van der Waals surface area contributed by atoms with Crippen molar-refractivity contribution in [2.45, 2.75) is 0 Å². The first kappa shape index (κ1) is 27.5. The second-order valence-electron chi connectivity index (χ2n) is 12.4. The maximum Gasteiger partial charge on any atom is 0.238 e. The molecule has 228 valence electrons. The number of para-hydroxylation sites is 1. The minimum atomic E-state index is 0.589. The number of hydrogen-bond donors (Lipinski definition) is 0. The van der Waals surface area contributed by atoms with Crippen LogP contribution < -0.4 is 0 Å². The summed E-state index contributed by atoms with van der Waals surface area (Å²) in [6.45, 7) is 0. The van der Waals surface area contributed by atoms with Gasteiger partial charge in [0.05, 0.1) is 11.0 Å². The Morgan fingerprint density at radius 1 is 0.286 bits per heavy atom. The predicted octanol–water partition coefficient (Wildman–Crippen LogP) is 11.4. The zero-order chi connectivity index (χ0) is 32.3. The van der Waals surface area contributed by atoms with Crippen LogP contribution in [0.3, 0.4) is 0 Å². The van der Waals surface area contributed by atoms with Crippen LogP contribution >= 0.6 is 0 Å². The zero-order valence-electron chi connectivity index (χ0n) is 26.5. The van der Waals surface area contributed by atoms with E-state index in [2.05, 4.69) is 150 Å².